The van der Waals surface area contributed by atoms with E-state index in [1.165, 1.54) is 21.7 Å². The molecule has 1 saturated heterocycles. The topological polar surface area (TPSA) is 139 Å². The molecule has 0 bridgehead atoms. The molecule has 1 aliphatic carbocycles. The van der Waals surface area contributed by atoms with Crippen molar-refractivity contribution in [1.29, 1.82) is 0 Å². The minimum absolute atomic E-state index is 0.0121. The summed E-state index contributed by atoms with van der Waals surface area (Å²) in [6.07, 6.45) is 3.39. The van der Waals surface area contributed by atoms with E-state index in [0.717, 1.165) is 44.3 Å². The molecule has 0 radical (unpaired) electrons. The monoisotopic (exact) mass is 582 g/mol. The van der Waals surface area contributed by atoms with Crippen molar-refractivity contribution in [2.45, 2.75) is 51.2 Å². The summed E-state index contributed by atoms with van der Waals surface area (Å²) in [7, 11) is 0. The van der Waals surface area contributed by atoms with E-state index in [-0.39, 0.29) is 66.0 Å². The van der Waals surface area contributed by atoms with Crippen LogP contribution in [0.4, 0.5) is 4.39 Å². The number of Topliss-reactive ketones (excluding diaryl/α,β-unsaturated/α-hetero) is 1. The van der Waals surface area contributed by atoms with E-state index in [4.69, 9.17) is 17.3 Å². The summed E-state index contributed by atoms with van der Waals surface area (Å²) in [6.45, 7) is 1.18. The first kappa shape index (κ1) is 28.7. The number of hydrogen-bond donors (Lipinski definition) is 3. The van der Waals surface area contributed by atoms with Crippen molar-refractivity contribution < 1.29 is 23.6 Å². The van der Waals surface area contributed by atoms with Gasteiger partial charge in [0.1, 0.15) is 18.1 Å². The Hall–Kier alpha value is -3.83. The van der Waals surface area contributed by atoms with Gasteiger partial charge in [-0.05, 0) is 62.5 Å². The van der Waals surface area contributed by atoms with Crippen LogP contribution in [0.25, 0.3) is 10.9 Å². The molecule has 3 aromatic rings. The lowest BCUT2D eigenvalue weighted by Gasteiger charge is -2.22. The number of nitrogens with zero attached hydrogens (tertiary/aromatic N) is 3. The number of amides is 3. The van der Waals surface area contributed by atoms with Crippen LogP contribution in [0.5, 0.6) is 0 Å². The lowest BCUT2D eigenvalue weighted by molar-refractivity contribution is -0.137. The molecular weight excluding hydrogens is 551 g/mol. The molecule has 4 N–H and O–H groups in total. The number of fused-ring (bicyclic) bond motifs is 1. The number of nitrogens with one attached hydrogen (secondary N) is 2. The van der Waals surface area contributed by atoms with Crippen molar-refractivity contribution in [3.05, 3.63) is 64.1 Å². The molecule has 3 amide bonds. The summed E-state index contributed by atoms with van der Waals surface area (Å²) < 4.78 is 15.6. The van der Waals surface area contributed by atoms with E-state index in [9.17, 15) is 23.6 Å². The van der Waals surface area contributed by atoms with Crippen LogP contribution in [0.2, 0.25) is 5.02 Å². The SMILES string of the molecule is NC(=O)c1nn(CC(=O)N(CC(=O)NCc2cccc(Cl)c2F)C2CC2)c2ccc(CC(=O)C3CCNCC3)cc12. The molecule has 1 aromatic heterocycles. The number of aromatic nitrogens is 2. The van der Waals surface area contributed by atoms with Gasteiger partial charge in [0.05, 0.1) is 17.1 Å². The first-order valence-corrected chi connectivity index (χ1v) is 14.1. The summed E-state index contributed by atoms with van der Waals surface area (Å²) in [5.74, 6) is -1.95. The van der Waals surface area contributed by atoms with Gasteiger partial charge in [-0.15, -0.1) is 0 Å². The quantitative estimate of drug-likeness (QED) is 0.317. The van der Waals surface area contributed by atoms with Crippen LogP contribution in [-0.4, -0.2) is 63.9 Å². The van der Waals surface area contributed by atoms with E-state index < -0.39 is 17.6 Å². The van der Waals surface area contributed by atoms with Crippen molar-refractivity contribution in [3.8, 4) is 0 Å². The largest absolute Gasteiger partial charge is 0.364 e. The van der Waals surface area contributed by atoms with Crippen LogP contribution >= 0.6 is 11.6 Å². The fourth-order valence-corrected chi connectivity index (χ4v) is 5.44. The Balaban J connectivity index is 1.28. The van der Waals surface area contributed by atoms with E-state index in [0.29, 0.717) is 10.9 Å². The fourth-order valence-electron chi connectivity index (χ4n) is 5.24. The average molecular weight is 583 g/mol. The average Bonchev–Trinajstić information content (AvgIpc) is 3.74. The van der Waals surface area contributed by atoms with Crippen LogP contribution in [0.1, 0.15) is 47.3 Å². The summed E-state index contributed by atoms with van der Waals surface area (Å²) in [5.41, 5.74) is 7.15. The fraction of sp³-hybridized carbons (Fsp3) is 0.414. The lowest BCUT2D eigenvalue weighted by Crippen LogP contribution is -2.43. The Morgan fingerprint density at radius 2 is 1.88 bits per heavy atom. The maximum atomic E-state index is 14.2. The van der Waals surface area contributed by atoms with Gasteiger partial charge in [-0.3, -0.25) is 23.9 Å². The molecule has 0 spiro atoms. The number of carbonyl (C=O) groups is 4. The zero-order chi connectivity index (χ0) is 29.1. The number of benzene rings is 2. The summed E-state index contributed by atoms with van der Waals surface area (Å²) in [5, 5.41) is 10.7. The van der Waals surface area contributed by atoms with Crippen molar-refractivity contribution in [2.75, 3.05) is 19.6 Å². The molecule has 2 fully saturated rings. The number of primary amides is 1. The highest BCUT2D eigenvalue weighted by Gasteiger charge is 2.34. The van der Waals surface area contributed by atoms with Gasteiger partial charge in [-0.2, -0.15) is 5.10 Å². The van der Waals surface area contributed by atoms with E-state index in [1.807, 2.05) is 0 Å². The number of carbonyl (C=O) groups excluding carboxylic acids is 4. The minimum Gasteiger partial charge on any atom is -0.364 e. The molecule has 216 valence electrons. The van der Waals surface area contributed by atoms with Gasteiger partial charge >= 0.3 is 0 Å². The highest BCUT2D eigenvalue weighted by molar-refractivity contribution is 6.30. The van der Waals surface area contributed by atoms with Crippen molar-refractivity contribution >= 4 is 46.0 Å². The van der Waals surface area contributed by atoms with Crippen molar-refractivity contribution in [3.63, 3.8) is 0 Å². The Bertz CT molecular complexity index is 1500. The minimum atomic E-state index is -0.741. The molecule has 12 heteroatoms. The summed E-state index contributed by atoms with van der Waals surface area (Å²) in [6, 6.07) is 9.74. The molecule has 1 aliphatic heterocycles. The molecule has 2 heterocycles. The molecule has 2 aliphatic rings. The predicted molar refractivity (Wildman–Crippen MR) is 151 cm³/mol. The number of hydrogen-bond acceptors (Lipinski definition) is 6. The number of rotatable bonds is 11. The van der Waals surface area contributed by atoms with Crippen LogP contribution < -0.4 is 16.4 Å². The Morgan fingerprint density at radius 1 is 1.12 bits per heavy atom. The van der Waals surface area contributed by atoms with E-state index >= 15 is 0 Å². The molecular formula is C29H32ClFN6O4. The zero-order valence-electron chi connectivity index (χ0n) is 22.5. The van der Waals surface area contributed by atoms with Gasteiger partial charge in [0, 0.05) is 35.9 Å². The second-order valence-electron chi connectivity index (χ2n) is 10.6. The zero-order valence-corrected chi connectivity index (χ0v) is 23.3. The second kappa shape index (κ2) is 12.4. The smallest absolute Gasteiger partial charge is 0.269 e. The Labute approximate surface area is 241 Å². The lowest BCUT2D eigenvalue weighted by atomic mass is 9.90. The number of piperidine rings is 1. The molecule has 10 nitrogen and oxygen atoms in total. The first-order valence-electron chi connectivity index (χ1n) is 13.7. The van der Waals surface area contributed by atoms with E-state index in [2.05, 4.69) is 15.7 Å². The summed E-state index contributed by atoms with van der Waals surface area (Å²) >= 11 is 5.81. The highest BCUT2D eigenvalue weighted by Crippen LogP contribution is 2.28. The van der Waals surface area contributed by atoms with Gasteiger partial charge in [-0.1, -0.05) is 29.8 Å². The Morgan fingerprint density at radius 3 is 2.59 bits per heavy atom. The van der Waals surface area contributed by atoms with Crippen LogP contribution in [-0.2, 0) is 33.9 Å². The second-order valence-corrected chi connectivity index (χ2v) is 11.0. The summed E-state index contributed by atoms with van der Waals surface area (Å²) in [4.78, 5) is 52.5. The number of ketones is 1. The molecule has 41 heavy (non-hydrogen) atoms. The Kier molecular flexibility index (Phi) is 8.65. The van der Waals surface area contributed by atoms with Crippen LogP contribution in [0, 0.1) is 11.7 Å². The van der Waals surface area contributed by atoms with Crippen molar-refractivity contribution in [1.82, 2.24) is 25.3 Å². The van der Waals surface area contributed by atoms with Gasteiger partial charge in [0.25, 0.3) is 5.91 Å². The normalized spacial score (nSPS) is 15.6. The maximum absolute atomic E-state index is 14.2. The van der Waals surface area contributed by atoms with Gasteiger partial charge in [0.15, 0.2) is 5.69 Å². The van der Waals surface area contributed by atoms with Crippen LogP contribution in [0.15, 0.2) is 36.4 Å². The van der Waals surface area contributed by atoms with Crippen LogP contribution in [0.3, 0.4) is 0 Å². The number of nitrogens with two attached hydrogens (primary N) is 1. The molecule has 0 atom stereocenters. The maximum Gasteiger partial charge on any atom is 0.269 e. The third-order valence-corrected chi connectivity index (χ3v) is 7.93. The molecule has 2 aromatic carbocycles. The third-order valence-electron chi connectivity index (χ3n) is 7.64. The van der Waals surface area contributed by atoms with Crippen molar-refractivity contribution in [2.24, 2.45) is 11.7 Å². The van der Waals surface area contributed by atoms with Gasteiger partial charge < -0.3 is 21.3 Å². The molecule has 0 unspecified atom stereocenters. The highest BCUT2D eigenvalue weighted by atomic mass is 35.5. The van der Waals surface area contributed by atoms with E-state index in [1.54, 1.807) is 24.3 Å². The predicted octanol–water partition coefficient (Wildman–Crippen LogP) is 2.35. The molecule has 1 saturated carbocycles. The van der Waals surface area contributed by atoms with Gasteiger partial charge in [-0.25, -0.2) is 4.39 Å². The molecule has 5 rings (SSSR count). The first-order chi connectivity index (χ1) is 19.7. The standard InChI is InChI=1S/C29H32ClFN6O4/c30-22-3-1-2-19(27(22)31)14-34-25(39)15-36(20-5-6-20)26(40)16-37-23-7-4-17(12-21(23)28(35-37)29(32)41)13-24(38)18-8-10-33-11-9-18/h1-4,7,12,18,20,33H,5-6,8-11,13-16H2,(H2,32,41)(H,34,39). The number of halogens is 2. The van der Waals surface area contributed by atoms with Gasteiger partial charge in [0.2, 0.25) is 11.8 Å². The third kappa shape index (κ3) is 6.74.